The molecule has 2 heterocycles. The van der Waals surface area contributed by atoms with E-state index in [1.807, 2.05) is 70.0 Å². The lowest BCUT2D eigenvalue weighted by molar-refractivity contribution is -0.149. The topological polar surface area (TPSA) is 161 Å². The molecule has 3 rings (SSSR count). The largest absolute Gasteiger partial charge is 0.481 e. The molecule has 1 aliphatic rings. The number of carboxylic acid groups (broad SMARTS) is 1. The number of esters is 1. The minimum absolute atomic E-state index is 0.0553. The molecular formula is C37H56N6O7S. The summed E-state index contributed by atoms with van der Waals surface area (Å²) >= 11 is 1.16. The van der Waals surface area contributed by atoms with Gasteiger partial charge in [0.25, 0.3) is 5.91 Å². The fourth-order valence-electron chi connectivity index (χ4n) is 6.32. The number of nitrogens with one attached hydrogen (secondary N) is 2. The maximum Gasteiger partial charge on any atom is 0.307 e. The average molecular weight is 729 g/mol. The van der Waals surface area contributed by atoms with Crippen LogP contribution in [-0.2, 0) is 30.5 Å². The zero-order valence-electron chi connectivity index (χ0n) is 31.3. The number of aliphatic carboxylic acids is 1. The van der Waals surface area contributed by atoms with Crippen molar-refractivity contribution in [2.75, 3.05) is 27.2 Å². The van der Waals surface area contributed by atoms with E-state index in [0.717, 1.165) is 42.7 Å². The molecule has 2 unspecified atom stereocenters. The molecule has 282 valence electrons. The van der Waals surface area contributed by atoms with Gasteiger partial charge in [0.15, 0.2) is 6.10 Å². The van der Waals surface area contributed by atoms with Gasteiger partial charge >= 0.3 is 11.9 Å². The molecule has 14 heteroatoms. The highest BCUT2D eigenvalue weighted by molar-refractivity contribution is 7.09. The van der Waals surface area contributed by atoms with Crippen molar-refractivity contribution in [2.45, 2.75) is 104 Å². The van der Waals surface area contributed by atoms with Crippen molar-refractivity contribution in [2.24, 2.45) is 17.8 Å². The van der Waals surface area contributed by atoms with E-state index in [0.29, 0.717) is 11.4 Å². The molecule has 3 amide bonds. The Kier molecular flexibility index (Phi) is 16.0. The molecule has 0 spiro atoms. The fraction of sp³-hybridized carbons (Fsp3) is 0.622. The van der Waals surface area contributed by atoms with Crippen LogP contribution in [0.4, 0.5) is 0 Å². The number of nitrogens with zero attached hydrogens (tertiary/aromatic N) is 4. The van der Waals surface area contributed by atoms with Crippen LogP contribution in [-0.4, -0.2) is 99.9 Å². The Labute approximate surface area is 306 Å². The quantitative estimate of drug-likeness (QED) is 0.147. The lowest BCUT2D eigenvalue weighted by Gasteiger charge is -2.38. The number of hydrazine groups is 1. The predicted octanol–water partition coefficient (Wildman–Crippen LogP) is 4.50. The molecule has 0 bridgehead atoms. The number of carbonyl (C=O) groups excluding carboxylic acids is 4. The first-order valence-corrected chi connectivity index (χ1v) is 18.7. The van der Waals surface area contributed by atoms with Gasteiger partial charge in [0.05, 0.1) is 12.0 Å². The van der Waals surface area contributed by atoms with Gasteiger partial charge in [-0.3, -0.25) is 34.3 Å². The second-order valence-corrected chi connectivity index (χ2v) is 15.0. The number of carboxylic acids is 1. The number of amides is 3. The Hall–Kier alpha value is -3.88. The van der Waals surface area contributed by atoms with Gasteiger partial charge in [-0.05, 0) is 43.8 Å². The maximum atomic E-state index is 14.2. The summed E-state index contributed by atoms with van der Waals surface area (Å²) in [5.74, 6) is -3.33. The molecule has 1 saturated heterocycles. The summed E-state index contributed by atoms with van der Waals surface area (Å²) in [5.41, 5.74) is 3.78. The number of hydrogen-bond donors (Lipinski definition) is 3. The molecule has 51 heavy (non-hydrogen) atoms. The van der Waals surface area contributed by atoms with Gasteiger partial charge in [-0.25, -0.2) is 9.99 Å². The number of likely N-dealkylation sites (N-methyl/N-ethyl adjacent to an activating group) is 2. The molecule has 0 aliphatic carbocycles. The zero-order chi connectivity index (χ0) is 37.8. The highest BCUT2D eigenvalue weighted by Gasteiger charge is 2.37. The number of carbonyl (C=O) groups is 5. The first kappa shape index (κ1) is 41.5. The van der Waals surface area contributed by atoms with Crippen molar-refractivity contribution >= 4 is 41.0 Å². The van der Waals surface area contributed by atoms with Gasteiger partial charge in [-0.15, -0.1) is 11.3 Å². The molecule has 6 atom stereocenters. The molecule has 1 aromatic carbocycles. The van der Waals surface area contributed by atoms with Crippen LogP contribution in [0.15, 0.2) is 35.7 Å². The number of thiazole rings is 1. The maximum absolute atomic E-state index is 14.2. The van der Waals surface area contributed by atoms with E-state index in [1.165, 1.54) is 6.92 Å². The fourth-order valence-corrected chi connectivity index (χ4v) is 7.16. The van der Waals surface area contributed by atoms with Crippen LogP contribution in [0, 0.1) is 17.8 Å². The van der Waals surface area contributed by atoms with Gasteiger partial charge in [0, 0.05) is 44.9 Å². The van der Waals surface area contributed by atoms with Crippen molar-refractivity contribution in [3.05, 3.63) is 52.0 Å². The lowest BCUT2D eigenvalue weighted by Crippen LogP contribution is -2.58. The number of benzene rings is 1. The van der Waals surface area contributed by atoms with E-state index in [2.05, 4.69) is 15.7 Å². The zero-order valence-corrected chi connectivity index (χ0v) is 32.1. The smallest absolute Gasteiger partial charge is 0.307 e. The number of piperidine rings is 1. The molecular weight excluding hydrogens is 673 g/mol. The van der Waals surface area contributed by atoms with Gasteiger partial charge in [-0.1, -0.05) is 77.8 Å². The molecule has 2 aromatic rings. The first-order chi connectivity index (χ1) is 24.1. The molecule has 13 nitrogen and oxygen atoms in total. The minimum atomic E-state index is -0.986. The standard InChI is InChI=1S/C37H56N6O7S/c1-9-24(4)32(39-34(46)29-17-13-14-18-41(29)7)36(47)42(8)30(23(2)3)19-31(50-26(6)44)35-38-28(22-51-35)33(45)40-43(20-25(5)37(48)49)21-27-15-11-10-12-16-27/h10-12,15-16,22-25,29-32H,9,13-14,17-21H2,1-8H3,(H,39,46)(H,40,45)(H,48,49)/t24?,25?,29-,30-,31-,32+/m1/s1. The SMILES string of the molecule is CCC(C)[C@H](NC(=O)[C@H]1CCCCN1C)C(=O)N(C)[C@H](C[C@@H](OC(C)=O)c1nc(C(=O)NN(Cc2ccccc2)CC(C)C(=O)O)cs1)C(C)C. The lowest BCUT2D eigenvalue weighted by atomic mass is 9.92. The van der Waals surface area contributed by atoms with Crippen molar-refractivity contribution < 1.29 is 33.8 Å². The van der Waals surface area contributed by atoms with Crippen LogP contribution in [0.1, 0.15) is 101 Å². The first-order valence-electron chi connectivity index (χ1n) is 17.8. The third kappa shape index (κ3) is 12.1. The highest BCUT2D eigenvalue weighted by atomic mass is 32.1. The van der Waals surface area contributed by atoms with Gasteiger partial charge in [0.2, 0.25) is 11.8 Å². The Morgan fingerprint density at radius 2 is 1.78 bits per heavy atom. The summed E-state index contributed by atoms with van der Waals surface area (Å²) < 4.78 is 5.75. The van der Waals surface area contributed by atoms with Crippen molar-refractivity contribution in [1.82, 2.24) is 30.5 Å². The molecule has 0 radical (unpaired) electrons. The molecule has 0 saturated carbocycles. The summed E-state index contributed by atoms with van der Waals surface area (Å²) in [6, 6.07) is 7.97. The Bertz CT molecular complexity index is 1470. The summed E-state index contributed by atoms with van der Waals surface area (Å²) in [5, 5.41) is 16.1. The number of aromatic nitrogens is 1. The van der Waals surface area contributed by atoms with Crippen molar-refractivity contribution in [1.29, 1.82) is 0 Å². The van der Waals surface area contributed by atoms with Crippen LogP contribution in [0.3, 0.4) is 0 Å². The minimum Gasteiger partial charge on any atom is -0.481 e. The van der Waals surface area contributed by atoms with E-state index in [1.54, 1.807) is 29.3 Å². The van der Waals surface area contributed by atoms with Gasteiger partial charge in [-0.2, -0.15) is 0 Å². The molecule has 1 fully saturated rings. The Morgan fingerprint density at radius 1 is 1.10 bits per heavy atom. The summed E-state index contributed by atoms with van der Waals surface area (Å²) in [6.45, 7) is 12.0. The molecule has 1 aromatic heterocycles. The van der Waals surface area contributed by atoms with Gasteiger partial charge < -0.3 is 20.1 Å². The second-order valence-electron chi connectivity index (χ2n) is 14.1. The third-order valence-corrected chi connectivity index (χ3v) is 10.6. The van der Waals surface area contributed by atoms with Crippen molar-refractivity contribution in [3.63, 3.8) is 0 Å². The summed E-state index contributed by atoms with van der Waals surface area (Å²) in [4.78, 5) is 73.2. The second kappa shape index (κ2) is 19.7. The normalized spacial score (nSPS) is 18.0. The summed E-state index contributed by atoms with van der Waals surface area (Å²) in [6.07, 6.45) is 2.81. The number of ether oxygens (including phenoxy) is 1. The highest BCUT2D eigenvalue weighted by Crippen LogP contribution is 2.31. The van der Waals surface area contributed by atoms with Crippen LogP contribution >= 0.6 is 11.3 Å². The number of rotatable bonds is 18. The molecule has 3 N–H and O–H groups in total. The monoisotopic (exact) mass is 728 g/mol. The predicted molar refractivity (Wildman–Crippen MR) is 195 cm³/mol. The Balaban J connectivity index is 1.81. The van der Waals surface area contributed by atoms with E-state index in [-0.39, 0.29) is 54.9 Å². The van der Waals surface area contributed by atoms with E-state index < -0.39 is 42.0 Å². The van der Waals surface area contributed by atoms with E-state index in [4.69, 9.17) is 4.74 Å². The molecule has 1 aliphatic heterocycles. The van der Waals surface area contributed by atoms with Crippen LogP contribution in [0.5, 0.6) is 0 Å². The van der Waals surface area contributed by atoms with Crippen LogP contribution < -0.4 is 10.7 Å². The van der Waals surface area contributed by atoms with Crippen LogP contribution in [0.2, 0.25) is 0 Å². The van der Waals surface area contributed by atoms with Crippen molar-refractivity contribution in [3.8, 4) is 0 Å². The van der Waals surface area contributed by atoms with E-state index >= 15 is 0 Å². The number of hydrogen-bond acceptors (Lipinski definition) is 10. The third-order valence-electron chi connectivity index (χ3n) is 9.65. The Morgan fingerprint density at radius 3 is 2.37 bits per heavy atom. The van der Waals surface area contributed by atoms with E-state index in [9.17, 15) is 29.1 Å². The number of likely N-dealkylation sites (tertiary alicyclic amines) is 1. The average Bonchev–Trinajstić information content (AvgIpc) is 3.59. The summed E-state index contributed by atoms with van der Waals surface area (Å²) in [7, 11) is 3.65. The van der Waals surface area contributed by atoms with Gasteiger partial charge in [0.1, 0.15) is 16.7 Å². The van der Waals surface area contributed by atoms with Crippen LogP contribution in [0.25, 0.3) is 0 Å².